The van der Waals surface area contributed by atoms with E-state index >= 15 is 0 Å². The Hall–Kier alpha value is -3.15. The number of nitrogens with one attached hydrogen (secondary N) is 2. The first kappa shape index (κ1) is 15.7. The van der Waals surface area contributed by atoms with Crippen LogP contribution in [0.1, 0.15) is 16.8 Å². The highest BCUT2D eigenvalue weighted by Gasteiger charge is 2.12. The fourth-order valence-electron chi connectivity index (χ4n) is 2.44. The van der Waals surface area contributed by atoms with E-state index in [1.165, 1.54) is 4.40 Å². The number of hydrogen-bond acceptors (Lipinski definition) is 3. The second kappa shape index (κ2) is 6.54. The molecule has 0 aliphatic carbocycles. The molecular formula is C18H18N4O2. The molecule has 2 N–H and O–H groups in total. The monoisotopic (exact) mass is 322 g/mol. The van der Waals surface area contributed by atoms with Gasteiger partial charge in [-0.15, -0.1) is 0 Å². The van der Waals surface area contributed by atoms with Crippen molar-refractivity contribution >= 4 is 17.4 Å². The third-order valence-corrected chi connectivity index (χ3v) is 3.69. The summed E-state index contributed by atoms with van der Waals surface area (Å²) in [6.45, 7) is 3.98. The lowest BCUT2D eigenvalue weighted by molar-refractivity contribution is 0.251. The van der Waals surface area contributed by atoms with E-state index in [2.05, 4.69) is 15.6 Å². The molecule has 2 heterocycles. The number of aryl methyl sites for hydroxylation is 2. The molecule has 0 atom stereocenters. The van der Waals surface area contributed by atoms with E-state index in [-0.39, 0.29) is 11.2 Å². The normalized spacial score (nSPS) is 10.6. The quantitative estimate of drug-likeness (QED) is 0.778. The Morgan fingerprint density at radius 1 is 1.12 bits per heavy atom. The second-order valence-corrected chi connectivity index (χ2v) is 5.61. The molecule has 0 spiro atoms. The minimum Gasteiger partial charge on any atom is -0.334 e. The Kier molecular flexibility index (Phi) is 4.29. The first-order valence-electron chi connectivity index (χ1n) is 7.63. The van der Waals surface area contributed by atoms with Gasteiger partial charge in [0.1, 0.15) is 11.3 Å². The Morgan fingerprint density at radius 3 is 2.62 bits per heavy atom. The molecule has 0 aliphatic heterocycles. The van der Waals surface area contributed by atoms with Crippen molar-refractivity contribution < 1.29 is 4.79 Å². The maximum absolute atomic E-state index is 12.6. The van der Waals surface area contributed by atoms with Crippen molar-refractivity contribution in [2.45, 2.75) is 20.4 Å². The summed E-state index contributed by atoms with van der Waals surface area (Å²) < 4.78 is 1.44. The SMILES string of the molecule is Cc1ccc2nc(C)c(NC(=O)NCc3ccccc3)c(=O)n2c1. The molecule has 1 aromatic carbocycles. The van der Waals surface area contributed by atoms with Gasteiger partial charge in [0.15, 0.2) is 0 Å². The van der Waals surface area contributed by atoms with Crippen molar-refractivity contribution in [3.8, 4) is 0 Å². The van der Waals surface area contributed by atoms with E-state index in [1.54, 1.807) is 19.2 Å². The van der Waals surface area contributed by atoms with Crippen molar-refractivity contribution in [3.05, 3.63) is 75.8 Å². The number of aromatic nitrogens is 2. The molecule has 2 aromatic heterocycles. The van der Waals surface area contributed by atoms with Crippen LogP contribution in [-0.2, 0) is 6.54 Å². The summed E-state index contributed by atoms with van der Waals surface area (Å²) in [5.41, 5.74) is 2.85. The largest absolute Gasteiger partial charge is 0.334 e. The molecule has 3 rings (SSSR count). The van der Waals surface area contributed by atoms with Gasteiger partial charge < -0.3 is 10.6 Å². The molecule has 6 nitrogen and oxygen atoms in total. The molecule has 0 fully saturated rings. The number of anilines is 1. The second-order valence-electron chi connectivity index (χ2n) is 5.61. The van der Waals surface area contributed by atoms with Gasteiger partial charge in [-0.25, -0.2) is 9.78 Å². The highest BCUT2D eigenvalue weighted by molar-refractivity contribution is 5.89. The van der Waals surface area contributed by atoms with Crippen molar-refractivity contribution in [1.82, 2.24) is 14.7 Å². The average Bonchev–Trinajstić information content (AvgIpc) is 2.58. The van der Waals surface area contributed by atoms with Crippen molar-refractivity contribution in [3.63, 3.8) is 0 Å². The van der Waals surface area contributed by atoms with Crippen LogP contribution in [-0.4, -0.2) is 15.4 Å². The number of carbonyl (C=O) groups excluding carboxylic acids is 1. The molecule has 3 aromatic rings. The van der Waals surface area contributed by atoms with Crippen LogP contribution in [0, 0.1) is 13.8 Å². The average molecular weight is 322 g/mol. The van der Waals surface area contributed by atoms with Crippen molar-refractivity contribution in [2.75, 3.05) is 5.32 Å². The summed E-state index contributed by atoms with van der Waals surface area (Å²) in [5.74, 6) is 0. The van der Waals surface area contributed by atoms with Crippen LogP contribution in [0.25, 0.3) is 5.65 Å². The van der Waals surface area contributed by atoms with Crippen molar-refractivity contribution in [2.24, 2.45) is 0 Å². The lowest BCUT2D eigenvalue weighted by Gasteiger charge is -2.11. The van der Waals surface area contributed by atoms with Gasteiger partial charge in [-0.1, -0.05) is 36.4 Å². The van der Waals surface area contributed by atoms with Crippen LogP contribution < -0.4 is 16.2 Å². The molecule has 6 heteroatoms. The third kappa shape index (κ3) is 3.27. The van der Waals surface area contributed by atoms with Gasteiger partial charge in [-0.05, 0) is 31.0 Å². The molecule has 0 saturated heterocycles. The predicted octanol–water partition coefficient (Wildman–Crippen LogP) is 2.63. The van der Waals surface area contributed by atoms with E-state index in [4.69, 9.17) is 0 Å². The highest BCUT2D eigenvalue weighted by atomic mass is 16.2. The van der Waals surface area contributed by atoms with Crippen LogP contribution in [0.3, 0.4) is 0 Å². The number of benzene rings is 1. The fraction of sp³-hybridized carbons (Fsp3) is 0.167. The van der Waals surface area contributed by atoms with E-state index in [9.17, 15) is 9.59 Å². The number of amides is 2. The molecule has 0 radical (unpaired) electrons. The standard InChI is InChI=1S/C18H18N4O2/c1-12-8-9-15-20-13(2)16(17(23)22(15)11-12)21-18(24)19-10-14-6-4-3-5-7-14/h3-9,11H,10H2,1-2H3,(H2,19,21,24). The summed E-state index contributed by atoms with van der Waals surface area (Å²) >= 11 is 0. The first-order valence-corrected chi connectivity index (χ1v) is 7.63. The number of urea groups is 1. The molecular weight excluding hydrogens is 304 g/mol. The molecule has 2 amide bonds. The molecule has 0 aliphatic rings. The summed E-state index contributed by atoms with van der Waals surface area (Å²) in [5, 5.41) is 5.35. The zero-order valence-electron chi connectivity index (χ0n) is 13.5. The Labute approximate surface area is 139 Å². The number of hydrogen-bond donors (Lipinski definition) is 2. The van der Waals surface area contributed by atoms with E-state index in [1.807, 2.05) is 43.3 Å². The Balaban J connectivity index is 1.81. The highest BCUT2D eigenvalue weighted by Crippen LogP contribution is 2.09. The summed E-state index contributed by atoms with van der Waals surface area (Å²) in [4.78, 5) is 29.1. The Bertz CT molecular complexity index is 948. The molecule has 122 valence electrons. The van der Waals surface area contributed by atoms with E-state index in [0.29, 0.717) is 17.9 Å². The molecule has 0 unspecified atom stereocenters. The number of rotatable bonds is 3. The van der Waals surface area contributed by atoms with Gasteiger partial charge in [0.25, 0.3) is 5.56 Å². The van der Waals surface area contributed by atoms with Crippen LogP contribution in [0.2, 0.25) is 0 Å². The third-order valence-electron chi connectivity index (χ3n) is 3.69. The van der Waals surface area contributed by atoms with Gasteiger partial charge in [0.05, 0.1) is 5.69 Å². The van der Waals surface area contributed by atoms with Gasteiger partial charge in [-0.3, -0.25) is 9.20 Å². The summed E-state index contributed by atoms with van der Waals surface area (Å²) in [6, 6.07) is 12.8. The van der Waals surface area contributed by atoms with Gasteiger partial charge in [0, 0.05) is 12.7 Å². The van der Waals surface area contributed by atoms with Crippen LogP contribution in [0.5, 0.6) is 0 Å². The van der Waals surface area contributed by atoms with Gasteiger partial charge in [0.2, 0.25) is 0 Å². The Morgan fingerprint density at radius 2 is 1.88 bits per heavy atom. The number of pyridine rings is 1. The zero-order valence-corrected chi connectivity index (χ0v) is 13.5. The van der Waals surface area contributed by atoms with E-state index in [0.717, 1.165) is 11.1 Å². The lowest BCUT2D eigenvalue weighted by Crippen LogP contribution is -2.32. The lowest BCUT2D eigenvalue weighted by atomic mass is 10.2. The maximum atomic E-state index is 12.6. The fourth-order valence-corrected chi connectivity index (χ4v) is 2.44. The topological polar surface area (TPSA) is 75.5 Å². The minimum absolute atomic E-state index is 0.184. The molecule has 24 heavy (non-hydrogen) atoms. The van der Waals surface area contributed by atoms with Crippen LogP contribution >= 0.6 is 0 Å². The first-order chi connectivity index (χ1) is 11.5. The molecule has 0 saturated carbocycles. The molecule has 0 bridgehead atoms. The van der Waals surface area contributed by atoms with Gasteiger partial charge in [-0.2, -0.15) is 0 Å². The number of nitrogens with zero attached hydrogens (tertiary/aromatic N) is 2. The zero-order chi connectivity index (χ0) is 17.1. The van der Waals surface area contributed by atoms with Crippen molar-refractivity contribution in [1.29, 1.82) is 0 Å². The van der Waals surface area contributed by atoms with Crippen LogP contribution in [0.4, 0.5) is 10.5 Å². The van der Waals surface area contributed by atoms with Crippen LogP contribution in [0.15, 0.2) is 53.5 Å². The summed E-state index contributed by atoms with van der Waals surface area (Å²) in [7, 11) is 0. The minimum atomic E-state index is -0.437. The van der Waals surface area contributed by atoms with Gasteiger partial charge >= 0.3 is 6.03 Å². The maximum Gasteiger partial charge on any atom is 0.319 e. The number of fused-ring (bicyclic) bond motifs is 1. The number of carbonyl (C=O) groups is 1. The summed E-state index contributed by atoms with van der Waals surface area (Å²) in [6.07, 6.45) is 1.71. The predicted molar refractivity (Wildman–Crippen MR) is 93.2 cm³/mol. The van der Waals surface area contributed by atoms with E-state index < -0.39 is 6.03 Å². The smallest absolute Gasteiger partial charge is 0.319 e.